The van der Waals surface area contributed by atoms with Gasteiger partial charge in [-0.25, -0.2) is 8.42 Å². The van der Waals surface area contributed by atoms with E-state index in [1.54, 1.807) is 31.0 Å². The molecule has 1 aromatic carbocycles. The highest BCUT2D eigenvalue weighted by atomic mass is 32.2. The summed E-state index contributed by atoms with van der Waals surface area (Å²) in [5.74, 6) is -0.437. The molecule has 0 radical (unpaired) electrons. The van der Waals surface area contributed by atoms with Crippen molar-refractivity contribution in [3.05, 3.63) is 23.8 Å². The van der Waals surface area contributed by atoms with E-state index >= 15 is 0 Å². The van der Waals surface area contributed by atoms with E-state index in [0.717, 1.165) is 25.7 Å². The third kappa shape index (κ3) is 6.80. The fraction of sp³-hybridized carbons (Fsp3) is 0.600. The molecule has 1 heterocycles. The molecule has 1 fully saturated rings. The Morgan fingerprint density at radius 3 is 2.41 bits per heavy atom. The number of amides is 2. The van der Waals surface area contributed by atoms with Crippen molar-refractivity contribution >= 4 is 27.5 Å². The Morgan fingerprint density at radius 2 is 1.76 bits per heavy atom. The molecule has 29 heavy (non-hydrogen) atoms. The number of hydrogen-bond donors (Lipinski definition) is 2. The van der Waals surface area contributed by atoms with Gasteiger partial charge < -0.3 is 10.6 Å². The van der Waals surface area contributed by atoms with E-state index in [1.165, 1.54) is 10.4 Å². The Balaban J connectivity index is 2.02. The van der Waals surface area contributed by atoms with Crippen molar-refractivity contribution in [1.82, 2.24) is 14.5 Å². The van der Waals surface area contributed by atoms with Gasteiger partial charge in [0.1, 0.15) is 0 Å². The average Bonchev–Trinajstić information content (AvgIpc) is 2.68. The number of anilines is 1. The van der Waals surface area contributed by atoms with Gasteiger partial charge in [0.05, 0.1) is 18.0 Å². The lowest BCUT2D eigenvalue weighted by molar-refractivity contribution is -0.122. The minimum Gasteiger partial charge on any atom is -0.355 e. The Labute approximate surface area is 173 Å². The molecular formula is C20H32N4O4S. The fourth-order valence-corrected chi connectivity index (χ4v) is 5.04. The van der Waals surface area contributed by atoms with Crippen LogP contribution >= 0.6 is 0 Å². The second kappa shape index (κ2) is 10.7. The molecular weight excluding hydrogens is 392 g/mol. The Morgan fingerprint density at radius 1 is 1.10 bits per heavy atom. The molecule has 0 aromatic heterocycles. The molecule has 8 nitrogen and oxygen atoms in total. The van der Waals surface area contributed by atoms with Crippen LogP contribution in [0.2, 0.25) is 0 Å². The molecule has 2 rings (SSSR count). The largest absolute Gasteiger partial charge is 0.355 e. The molecule has 1 saturated heterocycles. The maximum absolute atomic E-state index is 13.0. The van der Waals surface area contributed by atoms with Crippen molar-refractivity contribution in [2.24, 2.45) is 0 Å². The zero-order valence-corrected chi connectivity index (χ0v) is 18.3. The summed E-state index contributed by atoms with van der Waals surface area (Å²) in [4.78, 5) is 25.9. The molecule has 0 bridgehead atoms. The quantitative estimate of drug-likeness (QED) is 0.627. The first-order valence-electron chi connectivity index (χ1n) is 10.1. The maximum atomic E-state index is 13.0. The van der Waals surface area contributed by atoms with Gasteiger partial charge in [0.15, 0.2) is 0 Å². The minimum absolute atomic E-state index is 0.0294. The summed E-state index contributed by atoms with van der Waals surface area (Å²) in [6, 6.07) is 4.91. The monoisotopic (exact) mass is 424 g/mol. The second-order valence-electron chi connectivity index (χ2n) is 7.52. The highest BCUT2D eigenvalue weighted by Gasteiger charge is 2.27. The molecule has 0 spiro atoms. The van der Waals surface area contributed by atoms with Crippen LogP contribution in [0.1, 0.15) is 38.2 Å². The van der Waals surface area contributed by atoms with Gasteiger partial charge in [-0.1, -0.05) is 19.4 Å². The molecule has 162 valence electrons. The first kappa shape index (κ1) is 23.3. The Hall–Kier alpha value is -1.97. The van der Waals surface area contributed by atoms with E-state index < -0.39 is 10.0 Å². The maximum Gasteiger partial charge on any atom is 0.243 e. The van der Waals surface area contributed by atoms with E-state index in [0.29, 0.717) is 30.9 Å². The van der Waals surface area contributed by atoms with E-state index in [4.69, 9.17) is 0 Å². The standard InChI is InChI=1S/C20H32N4O4S/c1-4-10-21-19(25)14-23(3)15-20(26)22-17-9-8-16(2)18(13-17)29(27,28)24-11-6-5-7-12-24/h8-9,13H,4-7,10-12,14-15H2,1-3H3,(H,21,25)(H,22,26). The van der Waals surface area contributed by atoms with Crippen LogP contribution in [0.25, 0.3) is 0 Å². The highest BCUT2D eigenvalue weighted by Crippen LogP contribution is 2.26. The van der Waals surface area contributed by atoms with Gasteiger partial charge in [0.2, 0.25) is 21.8 Å². The van der Waals surface area contributed by atoms with Crippen LogP contribution in [-0.4, -0.2) is 69.2 Å². The topological polar surface area (TPSA) is 98.8 Å². The summed E-state index contributed by atoms with van der Waals surface area (Å²) in [5.41, 5.74) is 1.08. The van der Waals surface area contributed by atoms with Crippen LogP contribution in [-0.2, 0) is 19.6 Å². The third-order valence-corrected chi connectivity index (χ3v) is 6.84. The van der Waals surface area contributed by atoms with Crippen molar-refractivity contribution in [3.8, 4) is 0 Å². The Kier molecular flexibility index (Phi) is 8.60. The zero-order valence-electron chi connectivity index (χ0n) is 17.5. The molecule has 2 N–H and O–H groups in total. The number of nitrogens with one attached hydrogen (secondary N) is 2. The van der Waals surface area contributed by atoms with E-state index in [9.17, 15) is 18.0 Å². The van der Waals surface area contributed by atoms with Gasteiger partial charge in [-0.05, 0) is 50.9 Å². The SMILES string of the molecule is CCCNC(=O)CN(C)CC(=O)Nc1ccc(C)c(S(=O)(=O)N2CCCCC2)c1. The summed E-state index contributed by atoms with van der Waals surface area (Å²) in [6.07, 6.45) is 3.64. The van der Waals surface area contributed by atoms with Crippen molar-refractivity contribution in [1.29, 1.82) is 0 Å². The number of nitrogens with zero attached hydrogens (tertiary/aromatic N) is 2. The van der Waals surface area contributed by atoms with E-state index in [-0.39, 0.29) is 29.8 Å². The normalized spacial score (nSPS) is 15.3. The van der Waals surface area contributed by atoms with Gasteiger partial charge in [-0.15, -0.1) is 0 Å². The lowest BCUT2D eigenvalue weighted by Crippen LogP contribution is -2.39. The van der Waals surface area contributed by atoms with Crippen LogP contribution in [0, 0.1) is 6.92 Å². The van der Waals surface area contributed by atoms with Gasteiger partial charge >= 0.3 is 0 Å². The van der Waals surface area contributed by atoms with Crippen molar-refractivity contribution in [3.63, 3.8) is 0 Å². The van der Waals surface area contributed by atoms with Crippen molar-refractivity contribution in [2.75, 3.05) is 45.1 Å². The third-order valence-electron chi connectivity index (χ3n) is 4.80. The van der Waals surface area contributed by atoms with Crippen LogP contribution in [0.4, 0.5) is 5.69 Å². The summed E-state index contributed by atoms with van der Waals surface area (Å²) < 4.78 is 27.5. The predicted octanol–water partition coefficient (Wildman–Crippen LogP) is 1.57. The van der Waals surface area contributed by atoms with Gasteiger partial charge in [0.25, 0.3) is 0 Å². The summed E-state index contributed by atoms with van der Waals surface area (Å²) in [5, 5.41) is 5.50. The number of hydrogen-bond acceptors (Lipinski definition) is 5. The number of likely N-dealkylation sites (N-methyl/N-ethyl adjacent to an activating group) is 1. The first-order valence-corrected chi connectivity index (χ1v) is 11.5. The lowest BCUT2D eigenvalue weighted by Gasteiger charge is -2.26. The molecule has 1 aliphatic heterocycles. The molecule has 0 unspecified atom stereocenters. The van der Waals surface area contributed by atoms with Gasteiger partial charge in [-0.3, -0.25) is 14.5 Å². The molecule has 0 saturated carbocycles. The van der Waals surface area contributed by atoms with Gasteiger partial charge in [-0.2, -0.15) is 4.31 Å². The number of aryl methyl sites for hydroxylation is 1. The molecule has 0 atom stereocenters. The average molecular weight is 425 g/mol. The first-order chi connectivity index (χ1) is 13.7. The minimum atomic E-state index is -3.58. The number of carbonyl (C=O) groups is 2. The number of piperidine rings is 1. The number of carbonyl (C=O) groups excluding carboxylic acids is 2. The smallest absolute Gasteiger partial charge is 0.243 e. The van der Waals surface area contributed by atoms with Crippen molar-refractivity contribution < 1.29 is 18.0 Å². The zero-order chi connectivity index (χ0) is 21.4. The summed E-state index contributed by atoms with van der Waals surface area (Å²) in [6.45, 7) is 5.55. The highest BCUT2D eigenvalue weighted by molar-refractivity contribution is 7.89. The van der Waals surface area contributed by atoms with Crippen LogP contribution < -0.4 is 10.6 Å². The molecule has 1 aliphatic rings. The number of sulfonamides is 1. The van der Waals surface area contributed by atoms with Crippen LogP contribution in [0.3, 0.4) is 0 Å². The molecule has 9 heteroatoms. The lowest BCUT2D eigenvalue weighted by atomic mass is 10.2. The van der Waals surface area contributed by atoms with Crippen LogP contribution in [0.15, 0.2) is 23.1 Å². The number of rotatable bonds is 9. The Bertz CT molecular complexity index is 820. The molecule has 1 aromatic rings. The van der Waals surface area contributed by atoms with E-state index in [2.05, 4.69) is 10.6 Å². The second-order valence-corrected chi connectivity index (χ2v) is 9.42. The van der Waals surface area contributed by atoms with Gasteiger partial charge in [0, 0.05) is 25.3 Å². The number of benzene rings is 1. The predicted molar refractivity (Wildman–Crippen MR) is 113 cm³/mol. The van der Waals surface area contributed by atoms with E-state index in [1.807, 2.05) is 6.92 Å². The fourth-order valence-electron chi connectivity index (χ4n) is 3.27. The van der Waals surface area contributed by atoms with Crippen molar-refractivity contribution in [2.45, 2.75) is 44.4 Å². The molecule has 0 aliphatic carbocycles. The molecule has 2 amide bonds. The summed E-state index contributed by atoms with van der Waals surface area (Å²) >= 11 is 0. The van der Waals surface area contributed by atoms with Crippen LogP contribution in [0.5, 0.6) is 0 Å². The summed E-state index contributed by atoms with van der Waals surface area (Å²) in [7, 11) is -1.89.